The number of benzene rings is 2. The van der Waals surface area contributed by atoms with Crippen molar-refractivity contribution in [2.75, 3.05) is 0 Å². The Kier molecular flexibility index (Phi) is 7.79. The summed E-state index contributed by atoms with van der Waals surface area (Å²) in [6.07, 6.45) is 0. The van der Waals surface area contributed by atoms with Gasteiger partial charge in [0.1, 0.15) is 0 Å². The van der Waals surface area contributed by atoms with Crippen LogP contribution >= 0.6 is 0 Å². The van der Waals surface area contributed by atoms with Gasteiger partial charge >= 0.3 is 28.8 Å². The van der Waals surface area contributed by atoms with Gasteiger partial charge in [0, 0.05) is 0 Å². The van der Waals surface area contributed by atoms with Crippen LogP contribution in [-0.2, 0) is 19.5 Å². The van der Waals surface area contributed by atoms with Gasteiger partial charge in [-0.15, -0.1) is 29.7 Å². The molecule has 0 unspecified atom stereocenters. The molecule has 0 saturated heterocycles. The summed E-state index contributed by atoms with van der Waals surface area (Å²) in [6, 6.07) is 27.2. The summed E-state index contributed by atoms with van der Waals surface area (Å²) in [6.45, 7) is 0. The standard InChI is InChI=1S/C9H7.C6H5.3FH.Ti/c1-2-5-9-7-3-6-8(9)4-1;1-2-4-6-5-3-1;;;;/h1-7H;1-5H;3*1H;/q2*-1;;;;+3/p-3. The molecule has 3 aromatic rings. The molecular formula is C15H12F3Ti-2. The molecule has 3 rings (SSSR count). The van der Waals surface area contributed by atoms with Crippen LogP contribution in [0.5, 0.6) is 0 Å². The summed E-state index contributed by atoms with van der Waals surface area (Å²) in [7, 11) is 0. The quantitative estimate of drug-likeness (QED) is 0.390. The summed E-state index contributed by atoms with van der Waals surface area (Å²) >= 11 is -4.83. The Balaban J connectivity index is 0.000000158. The van der Waals surface area contributed by atoms with Gasteiger partial charge in [-0.25, -0.2) is 0 Å². The van der Waals surface area contributed by atoms with Gasteiger partial charge in [0.05, 0.1) is 0 Å². The minimum Gasteiger partial charge on any atom is -0.184 e. The first-order chi connectivity index (χ1) is 9.20. The Morgan fingerprint density at radius 1 is 0.842 bits per heavy atom. The summed E-state index contributed by atoms with van der Waals surface area (Å²) in [5, 5.41) is 2.66. The van der Waals surface area contributed by atoms with Gasteiger partial charge in [0.2, 0.25) is 0 Å². The third-order valence-electron chi connectivity index (χ3n) is 2.15. The molecule has 0 atom stereocenters. The first kappa shape index (κ1) is 15.6. The minimum absolute atomic E-state index is 1.33. The molecule has 0 nitrogen and oxygen atoms in total. The molecule has 0 aromatic heterocycles. The van der Waals surface area contributed by atoms with Gasteiger partial charge < -0.3 is 0 Å². The molecule has 0 aliphatic rings. The zero-order valence-corrected chi connectivity index (χ0v) is 11.6. The van der Waals surface area contributed by atoms with Crippen LogP contribution in [0, 0.1) is 6.07 Å². The van der Waals surface area contributed by atoms with Crippen molar-refractivity contribution >= 4 is 10.8 Å². The fourth-order valence-electron chi connectivity index (χ4n) is 1.41. The molecule has 0 bridgehead atoms. The van der Waals surface area contributed by atoms with Crippen LogP contribution in [0.15, 0.2) is 72.8 Å². The van der Waals surface area contributed by atoms with E-state index in [1.165, 1.54) is 10.8 Å². The average molecular weight is 297 g/mol. The molecule has 0 heterocycles. The molecule has 19 heavy (non-hydrogen) atoms. The molecule has 0 spiro atoms. The molecule has 0 aliphatic carbocycles. The normalized spacial score (nSPS) is 8.79. The van der Waals surface area contributed by atoms with E-state index in [-0.39, 0.29) is 0 Å². The van der Waals surface area contributed by atoms with Crippen molar-refractivity contribution in [3.63, 3.8) is 0 Å². The van der Waals surface area contributed by atoms with E-state index in [1.807, 2.05) is 30.3 Å². The van der Waals surface area contributed by atoms with E-state index < -0.39 is 19.5 Å². The minimum atomic E-state index is -4.83. The molecule has 0 saturated carbocycles. The SMILES string of the molecule is [F][Ti]([F])[F].[c-]1ccccc1.c1ccc2[cH-]ccc2c1. The number of hydrogen-bond donors (Lipinski definition) is 0. The van der Waals surface area contributed by atoms with Crippen molar-refractivity contribution in [3.05, 3.63) is 78.9 Å². The average Bonchev–Trinajstić information content (AvgIpc) is 2.89. The van der Waals surface area contributed by atoms with Crippen LogP contribution in [0.4, 0.5) is 9.28 Å². The van der Waals surface area contributed by atoms with E-state index in [0.717, 1.165) is 0 Å². The van der Waals surface area contributed by atoms with Crippen molar-refractivity contribution < 1.29 is 28.8 Å². The zero-order valence-electron chi connectivity index (χ0n) is 10.1. The van der Waals surface area contributed by atoms with Crippen LogP contribution in [0.1, 0.15) is 0 Å². The van der Waals surface area contributed by atoms with E-state index in [4.69, 9.17) is 0 Å². The summed E-state index contributed by atoms with van der Waals surface area (Å²) in [5.41, 5.74) is 0. The maximum absolute atomic E-state index is 9.83. The van der Waals surface area contributed by atoms with Gasteiger partial charge in [0.25, 0.3) is 0 Å². The Bertz CT molecular complexity index is 490. The largest absolute Gasteiger partial charge is 0.184 e. The van der Waals surface area contributed by atoms with Crippen molar-refractivity contribution in [1.29, 1.82) is 0 Å². The Morgan fingerprint density at radius 3 is 1.95 bits per heavy atom. The molecule has 3 aromatic carbocycles. The van der Waals surface area contributed by atoms with Gasteiger partial charge in [-0.2, -0.15) is 53.9 Å². The van der Waals surface area contributed by atoms with Gasteiger partial charge in [-0.05, 0) is 0 Å². The smallest absolute Gasteiger partial charge is 0.0809 e. The maximum Gasteiger partial charge on any atom is -0.0809 e. The second kappa shape index (κ2) is 9.48. The van der Waals surface area contributed by atoms with Gasteiger partial charge in [-0.3, -0.25) is 0 Å². The second-order valence-electron chi connectivity index (χ2n) is 3.45. The zero-order chi connectivity index (χ0) is 13.9. The molecule has 0 N–H and O–H groups in total. The fraction of sp³-hybridized carbons (Fsp3) is 0. The number of halogens is 3. The second-order valence-corrected chi connectivity index (χ2v) is 4.12. The van der Waals surface area contributed by atoms with Crippen LogP contribution in [0.3, 0.4) is 0 Å². The van der Waals surface area contributed by atoms with Crippen molar-refractivity contribution in [2.24, 2.45) is 0 Å². The van der Waals surface area contributed by atoms with Crippen molar-refractivity contribution in [2.45, 2.75) is 0 Å². The third kappa shape index (κ3) is 7.55. The first-order valence-corrected chi connectivity index (χ1v) is 7.32. The molecule has 0 amide bonds. The summed E-state index contributed by atoms with van der Waals surface area (Å²) in [5.74, 6) is 0. The number of rotatable bonds is 0. The molecule has 4 heteroatoms. The van der Waals surface area contributed by atoms with Crippen LogP contribution in [-0.4, -0.2) is 0 Å². The number of hydrogen-bond acceptors (Lipinski definition) is 0. The number of fused-ring (bicyclic) bond motifs is 1. The van der Waals surface area contributed by atoms with E-state index >= 15 is 0 Å². The molecular weight excluding hydrogens is 285 g/mol. The summed E-state index contributed by atoms with van der Waals surface area (Å²) < 4.78 is 29.5. The third-order valence-corrected chi connectivity index (χ3v) is 2.15. The summed E-state index contributed by atoms with van der Waals surface area (Å²) in [4.78, 5) is 0. The predicted octanol–water partition coefficient (Wildman–Crippen LogP) is 5.30. The molecule has 0 radical (unpaired) electrons. The van der Waals surface area contributed by atoms with E-state index in [1.54, 1.807) is 0 Å². The Labute approximate surface area is 118 Å². The van der Waals surface area contributed by atoms with Crippen LogP contribution < -0.4 is 0 Å². The topological polar surface area (TPSA) is 0 Å². The van der Waals surface area contributed by atoms with E-state index in [0.29, 0.717) is 0 Å². The van der Waals surface area contributed by atoms with Gasteiger partial charge in [0.15, 0.2) is 0 Å². The Hall–Kier alpha value is -1.45. The monoisotopic (exact) mass is 297 g/mol. The molecule has 0 fully saturated rings. The van der Waals surface area contributed by atoms with Crippen molar-refractivity contribution in [1.82, 2.24) is 0 Å². The molecule has 0 aliphatic heterocycles. The fourth-order valence-corrected chi connectivity index (χ4v) is 1.41. The molecule has 99 valence electrons. The van der Waals surface area contributed by atoms with E-state index in [2.05, 4.69) is 48.5 Å². The maximum atomic E-state index is 9.83. The van der Waals surface area contributed by atoms with Crippen molar-refractivity contribution in [3.8, 4) is 0 Å². The van der Waals surface area contributed by atoms with E-state index in [9.17, 15) is 9.28 Å². The first-order valence-electron chi connectivity index (χ1n) is 5.55. The Morgan fingerprint density at radius 2 is 1.47 bits per heavy atom. The van der Waals surface area contributed by atoms with Gasteiger partial charge in [-0.1, -0.05) is 6.07 Å². The van der Waals surface area contributed by atoms with Crippen LogP contribution in [0.2, 0.25) is 0 Å². The van der Waals surface area contributed by atoms with Crippen LogP contribution in [0.25, 0.3) is 10.8 Å². The predicted molar refractivity (Wildman–Crippen MR) is 68.1 cm³/mol.